The molecular formula is C19H15F3N2O4. The Kier molecular flexibility index (Phi) is 3.60. The molecule has 2 amide bonds. The summed E-state index contributed by atoms with van der Waals surface area (Å²) in [6.45, 7) is 10.2. The van der Waals surface area contributed by atoms with Gasteiger partial charge in [-0.2, -0.15) is 13.2 Å². The molecule has 3 aliphatic heterocycles. The first-order valence-electron chi connectivity index (χ1n) is 8.60. The molecule has 28 heavy (non-hydrogen) atoms. The summed E-state index contributed by atoms with van der Waals surface area (Å²) < 4.78 is 45.8. The number of carbonyl (C=O) groups is 3. The highest BCUT2D eigenvalue weighted by molar-refractivity contribution is 6.23. The lowest BCUT2D eigenvalue weighted by Crippen LogP contribution is -2.46. The zero-order valence-corrected chi connectivity index (χ0v) is 14.9. The Balaban J connectivity index is 1.81. The van der Waals surface area contributed by atoms with E-state index in [-0.39, 0.29) is 12.1 Å². The fourth-order valence-corrected chi connectivity index (χ4v) is 5.03. The van der Waals surface area contributed by atoms with Crippen LogP contribution in [-0.4, -0.2) is 29.3 Å². The molecule has 0 radical (unpaired) electrons. The molecule has 0 spiro atoms. The van der Waals surface area contributed by atoms with E-state index in [0.29, 0.717) is 12.4 Å². The molecule has 2 unspecified atom stereocenters. The Morgan fingerprint density at radius 1 is 1.25 bits per heavy atom. The standard InChI is InChI=1S/C19H15F3N2O4/c1-17-7-9(8-25)18(2,28-17)14-13(17)15(26)24(16(14)27)10-4-5-12(23-3)11(6-10)19(20,21)22/h4-6,8-9,13-14H,7H2,1-2H3/t9-,13+,14-,17?,18?/m1/s1. The molecule has 0 saturated carbocycles. The number of ether oxygens (including phenoxy) is 1. The van der Waals surface area contributed by atoms with Crippen molar-refractivity contribution in [2.24, 2.45) is 17.8 Å². The predicted molar refractivity (Wildman–Crippen MR) is 89.2 cm³/mol. The number of carbonyl (C=O) groups excluding carboxylic acids is 3. The normalized spacial score (nSPS) is 36.6. The van der Waals surface area contributed by atoms with Gasteiger partial charge in [0.25, 0.3) is 0 Å². The van der Waals surface area contributed by atoms with Crippen LogP contribution in [0.2, 0.25) is 0 Å². The molecule has 1 aromatic carbocycles. The Morgan fingerprint density at radius 2 is 1.89 bits per heavy atom. The first-order chi connectivity index (χ1) is 13.0. The summed E-state index contributed by atoms with van der Waals surface area (Å²) in [5, 5.41) is 0. The number of imide groups is 1. The van der Waals surface area contributed by atoms with Gasteiger partial charge in [-0.15, -0.1) is 0 Å². The van der Waals surface area contributed by atoms with Crippen LogP contribution in [0.3, 0.4) is 0 Å². The predicted octanol–water partition coefficient (Wildman–Crippen LogP) is 3.13. The van der Waals surface area contributed by atoms with E-state index in [1.54, 1.807) is 13.8 Å². The maximum Gasteiger partial charge on any atom is 0.407 e. The third-order valence-electron chi connectivity index (χ3n) is 6.22. The number of fused-ring (bicyclic) bond motifs is 5. The van der Waals surface area contributed by atoms with Gasteiger partial charge in [0.15, 0.2) is 5.69 Å². The van der Waals surface area contributed by atoms with Crippen molar-refractivity contribution in [3.63, 3.8) is 0 Å². The second kappa shape index (κ2) is 5.41. The SMILES string of the molecule is [C-]#[N+]c1ccc(N2C(=O)[C@@H]3[C@H](C2=O)C2(C)OC3(C)C[C@@H]2C=O)cc1C(F)(F)F. The molecule has 3 fully saturated rings. The van der Waals surface area contributed by atoms with Gasteiger partial charge in [0.1, 0.15) is 6.29 Å². The molecule has 2 bridgehead atoms. The molecule has 0 aromatic heterocycles. The zero-order valence-electron chi connectivity index (χ0n) is 14.9. The molecular weight excluding hydrogens is 377 g/mol. The fraction of sp³-hybridized carbons (Fsp3) is 0.474. The summed E-state index contributed by atoms with van der Waals surface area (Å²) in [5.74, 6) is -3.71. The van der Waals surface area contributed by atoms with Crippen molar-refractivity contribution in [2.75, 3.05) is 4.90 Å². The van der Waals surface area contributed by atoms with Crippen LogP contribution in [0.15, 0.2) is 18.2 Å². The highest BCUT2D eigenvalue weighted by Gasteiger charge is 2.75. The zero-order chi connectivity index (χ0) is 20.6. The molecule has 0 N–H and O–H groups in total. The highest BCUT2D eigenvalue weighted by Crippen LogP contribution is 2.62. The van der Waals surface area contributed by atoms with Gasteiger partial charge in [-0.25, -0.2) is 9.74 Å². The summed E-state index contributed by atoms with van der Waals surface area (Å²) in [7, 11) is 0. The molecule has 3 aliphatic rings. The Bertz CT molecular complexity index is 969. The molecule has 1 aromatic rings. The number of alkyl halides is 3. The molecule has 3 saturated heterocycles. The van der Waals surface area contributed by atoms with Crippen LogP contribution < -0.4 is 4.90 Å². The lowest BCUT2D eigenvalue weighted by Gasteiger charge is -2.32. The number of hydrogen-bond acceptors (Lipinski definition) is 4. The third-order valence-corrected chi connectivity index (χ3v) is 6.22. The minimum Gasteiger partial charge on any atom is -0.367 e. The van der Waals surface area contributed by atoms with Crippen LogP contribution in [-0.2, 0) is 25.3 Å². The van der Waals surface area contributed by atoms with Crippen molar-refractivity contribution in [2.45, 2.75) is 37.6 Å². The molecule has 146 valence electrons. The number of amides is 2. The van der Waals surface area contributed by atoms with E-state index in [4.69, 9.17) is 11.3 Å². The molecule has 4 rings (SSSR count). The van der Waals surface area contributed by atoms with E-state index in [1.165, 1.54) is 0 Å². The van der Waals surface area contributed by atoms with Crippen LogP contribution in [0.5, 0.6) is 0 Å². The van der Waals surface area contributed by atoms with Gasteiger partial charge in [0.2, 0.25) is 11.8 Å². The van der Waals surface area contributed by atoms with E-state index < -0.39 is 58.2 Å². The Hall–Kier alpha value is -2.73. The lowest BCUT2D eigenvalue weighted by atomic mass is 9.64. The van der Waals surface area contributed by atoms with E-state index in [1.807, 2.05) is 0 Å². The van der Waals surface area contributed by atoms with Crippen molar-refractivity contribution in [1.29, 1.82) is 0 Å². The van der Waals surface area contributed by atoms with Crippen LogP contribution in [0.25, 0.3) is 4.85 Å². The summed E-state index contributed by atoms with van der Waals surface area (Å²) in [6, 6.07) is 2.75. The van der Waals surface area contributed by atoms with E-state index in [9.17, 15) is 27.6 Å². The van der Waals surface area contributed by atoms with Crippen molar-refractivity contribution in [3.8, 4) is 0 Å². The number of anilines is 1. The summed E-state index contributed by atoms with van der Waals surface area (Å²) in [4.78, 5) is 41.2. The number of benzene rings is 1. The average Bonchev–Trinajstić information content (AvgIpc) is 3.14. The first kappa shape index (κ1) is 18.6. The van der Waals surface area contributed by atoms with Crippen LogP contribution >= 0.6 is 0 Å². The second-order valence-electron chi connectivity index (χ2n) is 7.82. The number of nitrogens with zero attached hydrogens (tertiary/aromatic N) is 2. The van der Waals surface area contributed by atoms with Gasteiger partial charge in [0.05, 0.1) is 35.2 Å². The fourth-order valence-electron chi connectivity index (χ4n) is 5.03. The highest BCUT2D eigenvalue weighted by atomic mass is 19.4. The number of aldehydes is 1. The van der Waals surface area contributed by atoms with E-state index >= 15 is 0 Å². The van der Waals surface area contributed by atoms with Crippen molar-refractivity contribution in [3.05, 3.63) is 35.2 Å². The van der Waals surface area contributed by atoms with Gasteiger partial charge in [0, 0.05) is 11.6 Å². The lowest BCUT2D eigenvalue weighted by molar-refractivity contribution is -0.137. The minimum absolute atomic E-state index is 0.238. The second-order valence-corrected chi connectivity index (χ2v) is 7.82. The van der Waals surface area contributed by atoms with Crippen molar-refractivity contribution < 1.29 is 32.3 Å². The van der Waals surface area contributed by atoms with Gasteiger partial charge < -0.3 is 9.53 Å². The van der Waals surface area contributed by atoms with Crippen molar-refractivity contribution in [1.82, 2.24) is 0 Å². The van der Waals surface area contributed by atoms with Crippen LogP contribution in [0, 0.1) is 24.3 Å². The smallest absolute Gasteiger partial charge is 0.367 e. The third kappa shape index (κ3) is 2.15. The monoisotopic (exact) mass is 392 g/mol. The molecule has 0 aliphatic carbocycles. The summed E-state index contributed by atoms with van der Waals surface area (Å²) in [6.07, 6.45) is -3.83. The van der Waals surface area contributed by atoms with E-state index in [2.05, 4.69) is 4.85 Å². The number of halogens is 3. The average molecular weight is 392 g/mol. The number of hydrogen-bond donors (Lipinski definition) is 0. The molecule has 5 atom stereocenters. The molecule has 3 heterocycles. The van der Waals surface area contributed by atoms with Crippen molar-refractivity contribution >= 4 is 29.5 Å². The molecule has 6 nitrogen and oxygen atoms in total. The van der Waals surface area contributed by atoms with Gasteiger partial charge >= 0.3 is 6.18 Å². The maximum absolute atomic E-state index is 13.3. The maximum atomic E-state index is 13.3. The Morgan fingerprint density at radius 3 is 2.46 bits per heavy atom. The summed E-state index contributed by atoms with van der Waals surface area (Å²) in [5.41, 5.74) is -4.26. The quantitative estimate of drug-likeness (QED) is 0.441. The van der Waals surface area contributed by atoms with Crippen LogP contribution in [0.1, 0.15) is 25.8 Å². The Labute approximate surface area is 158 Å². The largest absolute Gasteiger partial charge is 0.407 e. The minimum atomic E-state index is -4.81. The van der Waals surface area contributed by atoms with Gasteiger partial charge in [-0.1, -0.05) is 6.07 Å². The summed E-state index contributed by atoms with van der Waals surface area (Å²) >= 11 is 0. The van der Waals surface area contributed by atoms with Crippen LogP contribution in [0.4, 0.5) is 24.5 Å². The first-order valence-corrected chi connectivity index (χ1v) is 8.60. The molecule has 9 heteroatoms. The number of rotatable bonds is 2. The van der Waals surface area contributed by atoms with Gasteiger partial charge in [-0.3, -0.25) is 9.59 Å². The van der Waals surface area contributed by atoms with Gasteiger partial charge in [-0.05, 0) is 32.4 Å². The topological polar surface area (TPSA) is 68.0 Å². The van der Waals surface area contributed by atoms with E-state index in [0.717, 1.165) is 17.0 Å².